The number of aliphatic hydroxyl groups is 1. The largest absolute Gasteiger partial charge is 0.484 e. The Morgan fingerprint density at radius 1 is 1.14 bits per heavy atom. The Morgan fingerprint density at radius 2 is 1.95 bits per heavy atom. The molecule has 1 saturated heterocycles. The van der Waals surface area contributed by atoms with E-state index in [9.17, 15) is 24.3 Å². The molecule has 37 heavy (non-hydrogen) atoms. The fraction of sp³-hybridized carbons (Fsp3) is 0.556. The van der Waals surface area contributed by atoms with E-state index in [1.54, 1.807) is 23.1 Å². The van der Waals surface area contributed by atoms with Gasteiger partial charge in [-0.05, 0) is 43.4 Å². The first kappa shape index (κ1) is 26.7. The van der Waals surface area contributed by atoms with Gasteiger partial charge in [-0.15, -0.1) is 0 Å². The molecule has 10 nitrogen and oxygen atoms in total. The van der Waals surface area contributed by atoms with E-state index in [1.165, 1.54) is 6.07 Å². The Kier molecular flexibility index (Phi) is 8.48. The SMILES string of the molecule is CCCc1cc(=O)oc2cc(OCC(=O)NCC(=O)NCC(=O)N3CC[C@@]4(O)CCCC[C@@H]4C3)ccc12. The Balaban J connectivity index is 1.18. The summed E-state index contributed by atoms with van der Waals surface area (Å²) < 4.78 is 10.8. The number of nitrogens with one attached hydrogen (secondary N) is 2. The predicted molar refractivity (Wildman–Crippen MR) is 136 cm³/mol. The second-order valence-corrected chi connectivity index (χ2v) is 9.98. The number of amides is 3. The fourth-order valence-corrected chi connectivity index (χ4v) is 5.30. The van der Waals surface area contributed by atoms with E-state index in [1.807, 2.05) is 6.92 Å². The molecule has 2 atom stereocenters. The van der Waals surface area contributed by atoms with Crippen molar-refractivity contribution in [1.82, 2.24) is 15.5 Å². The van der Waals surface area contributed by atoms with Gasteiger partial charge in [-0.3, -0.25) is 14.4 Å². The van der Waals surface area contributed by atoms with Crippen molar-refractivity contribution in [3.63, 3.8) is 0 Å². The maximum Gasteiger partial charge on any atom is 0.336 e. The van der Waals surface area contributed by atoms with Crippen molar-refractivity contribution in [1.29, 1.82) is 0 Å². The van der Waals surface area contributed by atoms with Crippen molar-refractivity contribution in [3.05, 3.63) is 40.2 Å². The van der Waals surface area contributed by atoms with E-state index in [4.69, 9.17) is 9.15 Å². The monoisotopic (exact) mass is 513 g/mol. The van der Waals surface area contributed by atoms with Gasteiger partial charge in [-0.25, -0.2) is 4.79 Å². The number of hydrogen-bond donors (Lipinski definition) is 3. The van der Waals surface area contributed by atoms with Gasteiger partial charge in [0.1, 0.15) is 11.3 Å². The molecule has 0 radical (unpaired) electrons. The van der Waals surface area contributed by atoms with Gasteiger partial charge >= 0.3 is 5.63 Å². The molecule has 3 amide bonds. The summed E-state index contributed by atoms with van der Waals surface area (Å²) in [7, 11) is 0. The Morgan fingerprint density at radius 3 is 2.76 bits per heavy atom. The van der Waals surface area contributed by atoms with Crippen molar-refractivity contribution >= 4 is 28.7 Å². The van der Waals surface area contributed by atoms with Crippen molar-refractivity contribution in [2.45, 2.75) is 57.5 Å². The first-order valence-electron chi connectivity index (χ1n) is 13.0. The Labute approximate surface area is 215 Å². The lowest BCUT2D eigenvalue weighted by Crippen LogP contribution is -2.56. The summed E-state index contributed by atoms with van der Waals surface area (Å²) in [6.45, 7) is 2.25. The molecule has 1 saturated carbocycles. The number of piperidine rings is 1. The number of carbonyl (C=O) groups is 3. The van der Waals surface area contributed by atoms with Crippen LogP contribution >= 0.6 is 0 Å². The standard InChI is InChI=1S/C27H35N3O7/c1-2-5-18-12-26(34)37-22-13-20(7-8-21(18)22)36-17-24(32)28-14-23(31)29-15-25(33)30-11-10-27(35)9-4-3-6-19(27)16-30/h7-8,12-13,19,35H,2-6,9-11,14-17H2,1H3,(H,28,32)(H,29,31)/t19-,27+/m1/s1. The number of rotatable bonds is 9. The summed E-state index contributed by atoms with van der Waals surface area (Å²) in [5, 5.41) is 16.6. The van der Waals surface area contributed by atoms with Gasteiger partial charge in [0.05, 0.1) is 18.7 Å². The van der Waals surface area contributed by atoms with Crippen molar-refractivity contribution in [2.24, 2.45) is 5.92 Å². The first-order chi connectivity index (χ1) is 17.8. The lowest BCUT2D eigenvalue weighted by molar-refractivity contribution is -0.143. The normalized spacial score (nSPS) is 21.2. The van der Waals surface area contributed by atoms with E-state index in [2.05, 4.69) is 10.6 Å². The van der Waals surface area contributed by atoms with Crippen LogP contribution in [0.15, 0.2) is 33.5 Å². The zero-order valence-electron chi connectivity index (χ0n) is 21.2. The van der Waals surface area contributed by atoms with E-state index in [0.29, 0.717) is 30.8 Å². The second kappa shape index (κ2) is 11.8. The molecule has 2 fully saturated rings. The van der Waals surface area contributed by atoms with E-state index in [-0.39, 0.29) is 31.5 Å². The van der Waals surface area contributed by atoms with Crippen LogP contribution in [0.25, 0.3) is 11.0 Å². The number of fused-ring (bicyclic) bond motifs is 2. The molecule has 1 aromatic heterocycles. The van der Waals surface area contributed by atoms with Crippen LogP contribution in [0, 0.1) is 5.92 Å². The van der Waals surface area contributed by atoms with Crippen molar-refractivity contribution < 1.29 is 28.6 Å². The zero-order valence-corrected chi connectivity index (χ0v) is 21.2. The highest BCUT2D eigenvalue weighted by molar-refractivity contribution is 5.88. The maximum atomic E-state index is 12.5. The van der Waals surface area contributed by atoms with Crippen molar-refractivity contribution in [3.8, 4) is 5.75 Å². The number of likely N-dealkylation sites (tertiary alicyclic amines) is 1. The van der Waals surface area contributed by atoms with Gasteiger partial charge < -0.3 is 29.8 Å². The summed E-state index contributed by atoms with van der Waals surface area (Å²) in [4.78, 5) is 50.3. The van der Waals surface area contributed by atoms with Gasteiger partial charge in [0.25, 0.3) is 5.91 Å². The minimum absolute atomic E-state index is 0.0889. The van der Waals surface area contributed by atoms with E-state index in [0.717, 1.165) is 49.5 Å². The van der Waals surface area contributed by atoms with Crippen LogP contribution in [-0.2, 0) is 20.8 Å². The Hall–Kier alpha value is -3.40. The molecule has 1 aliphatic heterocycles. The molecule has 2 heterocycles. The van der Waals surface area contributed by atoms with Crippen LogP contribution in [0.2, 0.25) is 0 Å². The molecule has 2 aromatic rings. The zero-order chi connectivity index (χ0) is 26.4. The number of nitrogens with zero attached hydrogens (tertiary/aromatic N) is 1. The topological polar surface area (TPSA) is 138 Å². The molecule has 3 N–H and O–H groups in total. The average Bonchev–Trinajstić information content (AvgIpc) is 2.88. The van der Waals surface area contributed by atoms with Gasteiger partial charge in [-0.1, -0.05) is 26.2 Å². The van der Waals surface area contributed by atoms with Crippen LogP contribution in [0.5, 0.6) is 5.75 Å². The summed E-state index contributed by atoms with van der Waals surface area (Å²) in [6, 6.07) is 6.54. The molecular formula is C27H35N3O7. The minimum Gasteiger partial charge on any atom is -0.484 e. The third-order valence-electron chi connectivity index (χ3n) is 7.35. The highest BCUT2D eigenvalue weighted by atomic mass is 16.5. The van der Waals surface area contributed by atoms with Crippen LogP contribution in [0.4, 0.5) is 0 Å². The summed E-state index contributed by atoms with van der Waals surface area (Å²) in [6.07, 6.45) is 5.99. The number of aryl methyl sites for hydroxylation is 1. The molecule has 1 aromatic carbocycles. The van der Waals surface area contributed by atoms with Crippen LogP contribution in [0.1, 0.15) is 51.0 Å². The lowest BCUT2D eigenvalue weighted by Gasteiger charge is -2.47. The molecule has 0 bridgehead atoms. The predicted octanol–water partition coefficient (Wildman–Crippen LogP) is 1.51. The molecule has 0 spiro atoms. The van der Waals surface area contributed by atoms with Crippen LogP contribution < -0.4 is 21.0 Å². The van der Waals surface area contributed by atoms with Crippen LogP contribution in [-0.4, -0.2) is 66.1 Å². The number of carbonyl (C=O) groups excluding carboxylic acids is 3. The Bertz CT molecular complexity index is 1210. The average molecular weight is 514 g/mol. The molecule has 4 rings (SSSR count). The molecular weight excluding hydrogens is 478 g/mol. The summed E-state index contributed by atoms with van der Waals surface area (Å²) in [5.41, 5.74) is 0.188. The molecule has 1 aliphatic carbocycles. The summed E-state index contributed by atoms with van der Waals surface area (Å²) >= 11 is 0. The maximum absolute atomic E-state index is 12.5. The number of ether oxygens (including phenoxy) is 1. The van der Waals surface area contributed by atoms with Gasteiger partial charge in [-0.2, -0.15) is 0 Å². The third-order valence-corrected chi connectivity index (χ3v) is 7.35. The minimum atomic E-state index is -0.663. The smallest absolute Gasteiger partial charge is 0.336 e. The van der Waals surface area contributed by atoms with Crippen molar-refractivity contribution in [2.75, 3.05) is 32.8 Å². The fourth-order valence-electron chi connectivity index (χ4n) is 5.30. The molecule has 0 unspecified atom stereocenters. The molecule has 2 aliphatic rings. The van der Waals surface area contributed by atoms with E-state index >= 15 is 0 Å². The van der Waals surface area contributed by atoms with E-state index < -0.39 is 23.0 Å². The number of hydrogen-bond acceptors (Lipinski definition) is 7. The highest BCUT2D eigenvalue weighted by Crippen LogP contribution is 2.39. The van der Waals surface area contributed by atoms with Gasteiger partial charge in [0.2, 0.25) is 11.8 Å². The first-order valence-corrected chi connectivity index (χ1v) is 13.0. The van der Waals surface area contributed by atoms with Gasteiger partial charge in [0, 0.05) is 36.5 Å². The van der Waals surface area contributed by atoms with Crippen LogP contribution in [0.3, 0.4) is 0 Å². The quantitative estimate of drug-likeness (QED) is 0.432. The lowest BCUT2D eigenvalue weighted by atomic mass is 9.71. The second-order valence-electron chi connectivity index (χ2n) is 9.98. The highest BCUT2D eigenvalue weighted by Gasteiger charge is 2.43. The third kappa shape index (κ3) is 6.68. The van der Waals surface area contributed by atoms with Gasteiger partial charge in [0.15, 0.2) is 6.61 Å². The molecule has 200 valence electrons. The number of benzene rings is 1. The summed E-state index contributed by atoms with van der Waals surface area (Å²) in [5.74, 6) is -0.730. The molecule has 10 heteroatoms.